The number of nitrogens with zero attached hydrogens (tertiary/aromatic N) is 3. The summed E-state index contributed by atoms with van der Waals surface area (Å²) < 4.78 is 21.7. The summed E-state index contributed by atoms with van der Waals surface area (Å²) in [5, 5.41) is 2.20. The summed E-state index contributed by atoms with van der Waals surface area (Å²) in [7, 11) is 4.76. The number of ether oxygens (including phenoxy) is 3. The van der Waals surface area contributed by atoms with Crippen molar-refractivity contribution in [3.63, 3.8) is 0 Å². The summed E-state index contributed by atoms with van der Waals surface area (Å²) in [6.07, 6.45) is 5.42. The fourth-order valence-corrected chi connectivity index (χ4v) is 8.33. The Morgan fingerprint density at radius 1 is 0.691 bits per heavy atom. The molecule has 278 valence electrons. The van der Waals surface area contributed by atoms with Gasteiger partial charge in [0.25, 0.3) is 0 Å². The SMILES string of the molecule is COc1cc(C(CC(=O)N2CCC(c3cn(Cc4ccccc4)c4ccccc34)CC2=O)c2cn(Cc3ccccc3)c3ccccc23)cc(OC)c1OC. The molecular formula is C47H45N3O5. The van der Waals surface area contributed by atoms with Crippen LogP contribution in [0.15, 0.2) is 134 Å². The van der Waals surface area contributed by atoms with Gasteiger partial charge in [0.05, 0.1) is 21.3 Å². The lowest BCUT2D eigenvalue weighted by atomic mass is 9.86. The van der Waals surface area contributed by atoms with Crippen LogP contribution in [0.2, 0.25) is 0 Å². The van der Waals surface area contributed by atoms with Crippen molar-refractivity contribution in [1.82, 2.24) is 14.0 Å². The van der Waals surface area contributed by atoms with Crippen LogP contribution in [0, 0.1) is 0 Å². The van der Waals surface area contributed by atoms with Gasteiger partial charge in [0.15, 0.2) is 11.5 Å². The standard InChI is InChI=1S/C47H45N3O5/c1-53-43-24-35(25-44(54-2)47(43)55-3)38(40-31-49(29-33-16-8-5-9-17-33)42-21-13-11-19-37(40)42)27-46(52)50-23-22-34(26-45(50)51)39-30-48(28-32-14-6-4-7-15-32)41-20-12-10-18-36(39)41/h4-21,24-25,30-31,34,38H,22-23,26-29H2,1-3H3. The third-order valence-electron chi connectivity index (χ3n) is 11.0. The molecule has 7 aromatic rings. The summed E-state index contributed by atoms with van der Waals surface area (Å²) in [6, 6.07) is 41.3. The molecule has 2 amide bonds. The lowest BCUT2D eigenvalue weighted by Gasteiger charge is -2.31. The number of carbonyl (C=O) groups is 2. The molecule has 0 N–H and O–H groups in total. The number of carbonyl (C=O) groups excluding carboxylic acids is 2. The molecule has 8 rings (SSSR count). The largest absolute Gasteiger partial charge is 0.493 e. The Kier molecular flexibility index (Phi) is 10.1. The van der Waals surface area contributed by atoms with Crippen LogP contribution >= 0.6 is 0 Å². The van der Waals surface area contributed by atoms with Gasteiger partial charge in [-0.05, 0) is 64.4 Å². The number of para-hydroxylation sites is 2. The minimum Gasteiger partial charge on any atom is -0.493 e. The van der Waals surface area contributed by atoms with Gasteiger partial charge in [-0.3, -0.25) is 14.5 Å². The van der Waals surface area contributed by atoms with Gasteiger partial charge in [-0.1, -0.05) is 97.1 Å². The Bertz CT molecular complexity index is 2440. The van der Waals surface area contributed by atoms with Crippen molar-refractivity contribution in [2.75, 3.05) is 27.9 Å². The zero-order valence-corrected chi connectivity index (χ0v) is 31.5. The van der Waals surface area contributed by atoms with E-state index in [1.54, 1.807) is 21.3 Å². The van der Waals surface area contributed by atoms with Crippen LogP contribution in [0.4, 0.5) is 0 Å². The van der Waals surface area contributed by atoms with Crippen molar-refractivity contribution < 1.29 is 23.8 Å². The number of likely N-dealkylation sites (tertiary alicyclic amines) is 1. The van der Waals surface area contributed by atoms with Gasteiger partial charge >= 0.3 is 0 Å². The van der Waals surface area contributed by atoms with E-state index in [0.717, 1.165) is 45.0 Å². The molecule has 8 heteroatoms. The number of aromatic nitrogens is 2. The first-order valence-electron chi connectivity index (χ1n) is 18.8. The Hall–Kier alpha value is -6.28. The van der Waals surface area contributed by atoms with E-state index < -0.39 is 5.92 Å². The third-order valence-corrected chi connectivity index (χ3v) is 11.0. The summed E-state index contributed by atoms with van der Waals surface area (Å²) >= 11 is 0. The second-order valence-corrected chi connectivity index (χ2v) is 14.3. The molecule has 0 bridgehead atoms. The van der Waals surface area contributed by atoms with Crippen LogP contribution in [0.3, 0.4) is 0 Å². The monoisotopic (exact) mass is 731 g/mol. The molecule has 0 saturated carbocycles. The number of piperidine rings is 1. The Morgan fingerprint density at radius 3 is 1.82 bits per heavy atom. The van der Waals surface area contributed by atoms with Crippen molar-refractivity contribution >= 4 is 33.6 Å². The van der Waals surface area contributed by atoms with Crippen LogP contribution in [-0.2, 0) is 22.7 Å². The number of hydrogen-bond donors (Lipinski definition) is 0. The molecule has 5 aromatic carbocycles. The maximum atomic E-state index is 14.5. The van der Waals surface area contributed by atoms with Gasteiger partial charge in [0.2, 0.25) is 17.6 Å². The highest BCUT2D eigenvalue weighted by Crippen LogP contribution is 2.44. The minimum absolute atomic E-state index is 0.0142. The van der Waals surface area contributed by atoms with Crippen LogP contribution < -0.4 is 14.2 Å². The first kappa shape index (κ1) is 35.7. The van der Waals surface area contributed by atoms with E-state index in [-0.39, 0.29) is 30.6 Å². The predicted octanol–water partition coefficient (Wildman–Crippen LogP) is 9.17. The average Bonchev–Trinajstić information content (AvgIpc) is 3.78. The van der Waals surface area contributed by atoms with Gasteiger partial charge in [-0.25, -0.2) is 0 Å². The van der Waals surface area contributed by atoms with E-state index in [1.807, 2.05) is 48.5 Å². The molecule has 0 aliphatic carbocycles. The van der Waals surface area contributed by atoms with Crippen LogP contribution in [0.5, 0.6) is 17.2 Å². The molecule has 8 nitrogen and oxygen atoms in total. The Labute approximate surface area is 321 Å². The molecular weight excluding hydrogens is 687 g/mol. The fraction of sp³-hybridized carbons (Fsp3) is 0.234. The molecule has 2 aromatic heterocycles. The topological polar surface area (TPSA) is 74.9 Å². The van der Waals surface area contributed by atoms with Gasteiger partial charge in [-0.15, -0.1) is 0 Å². The fourth-order valence-electron chi connectivity index (χ4n) is 8.33. The number of amides is 2. The van der Waals surface area contributed by atoms with E-state index in [1.165, 1.54) is 16.0 Å². The van der Waals surface area contributed by atoms with E-state index in [2.05, 4.69) is 94.3 Å². The Morgan fingerprint density at radius 2 is 1.24 bits per heavy atom. The molecule has 1 fully saturated rings. The highest BCUT2D eigenvalue weighted by Gasteiger charge is 2.35. The maximum Gasteiger partial charge on any atom is 0.230 e. The molecule has 0 spiro atoms. The number of hydrogen-bond acceptors (Lipinski definition) is 5. The number of rotatable bonds is 12. The smallest absolute Gasteiger partial charge is 0.230 e. The molecule has 2 unspecified atom stereocenters. The summed E-state index contributed by atoms with van der Waals surface area (Å²) in [6.45, 7) is 1.78. The molecule has 3 heterocycles. The van der Waals surface area contributed by atoms with Crippen molar-refractivity contribution in [3.05, 3.63) is 162 Å². The highest BCUT2D eigenvalue weighted by molar-refractivity contribution is 5.98. The van der Waals surface area contributed by atoms with Crippen molar-refractivity contribution in [1.29, 1.82) is 0 Å². The normalized spacial score (nSPS) is 15.0. The Balaban J connectivity index is 1.11. The summed E-state index contributed by atoms with van der Waals surface area (Å²) in [5.74, 6) is 0.749. The second-order valence-electron chi connectivity index (χ2n) is 14.3. The van der Waals surface area contributed by atoms with E-state index in [0.29, 0.717) is 36.8 Å². The first-order chi connectivity index (χ1) is 26.9. The number of benzene rings is 5. The van der Waals surface area contributed by atoms with Crippen molar-refractivity contribution in [3.8, 4) is 17.2 Å². The quantitative estimate of drug-likeness (QED) is 0.125. The van der Waals surface area contributed by atoms with Crippen molar-refractivity contribution in [2.24, 2.45) is 0 Å². The van der Waals surface area contributed by atoms with Crippen molar-refractivity contribution in [2.45, 2.75) is 44.2 Å². The number of methoxy groups -OCH3 is 3. The first-order valence-corrected chi connectivity index (χ1v) is 18.8. The molecule has 2 atom stereocenters. The lowest BCUT2D eigenvalue weighted by Crippen LogP contribution is -2.42. The van der Waals surface area contributed by atoms with E-state index >= 15 is 0 Å². The van der Waals surface area contributed by atoms with Gasteiger partial charge < -0.3 is 23.3 Å². The van der Waals surface area contributed by atoms with Crippen LogP contribution in [-0.4, -0.2) is 53.7 Å². The zero-order chi connectivity index (χ0) is 37.9. The predicted molar refractivity (Wildman–Crippen MR) is 216 cm³/mol. The lowest BCUT2D eigenvalue weighted by molar-refractivity contribution is -0.147. The summed E-state index contributed by atoms with van der Waals surface area (Å²) in [4.78, 5) is 30.0. The van der Waals surface area contributed by atoms with Gasteiger partial charge in [0, 0.05) is 72.6 Å². The van der Waals surface area contributed by atoms with E-state index in [9.17, 15) is 9.59 Å². The van der Waals surface area contributed by atoms with Crippen LogP contribution in [0.1, 0.15) is 58.9 Å². The third kappa shape index (κ3) is 7.08. The van der Waals surface area contributed by atoms with Gasteiger partial charge in [-0.2, -0.15) is 0 Å². The van der Waals surface area contributed by atoms with E-state index in [4.69, 9.17) is 14.2 Å². The molecule has 0 radical (unpaired) electrons. The zero-order valence-electron chi connectivity index (χ0n) is 31.5. The molecule has 55 heavy (non-hydrogen) atoms. The highest BCUT2D eigenvalue weighted by atomic mass is 16.5. The minimum atomic E-state index is -0.412. The number of imide groups is 1. The summed E-state index contributed by atoms with van der Waals surface area (Å²) in [5.41, 5.74) is 7.58. The molecule has 1 aliphatic rings. The average molecular weight is 732 g/mol. The molecule has 1 saturated heterocycles. The maximum absolute atomic E-state index is 14.5. The van der Waals surface area contributed by atoms with Crippen LogP contribution in [0.25, 0.3) is 21.8 Å². The molecule has 1 aliphatic heterocycles. The second kappa shape index (κ2) is 15.6. The number of fused-ring (bicyclic) bond motifs is 2. The van der Waals surface area contributed by atoms with Gasteiger partial charge in [0.1, 0.15) is 0 Å².